The molecule has 0 aliphatic carbocycles. The molecule has 1 radical (unpaired) electrons. The molecule has 0 amide bonds. The van der Waals surface area contributed by atoms with Gasteiger partial charge in [-0.15, -0.1) is 0 Å². The van der Waals surface area contributed by atoms with E-state index in [1.54, 1.807) is 0 Å². The molecule has 0 aromatic heterocycles. The van der Waals surface area contributed by atoms with Gasteiger partial charge in [-0.05, 0) is 38.5 Å². The van der Waals surface area contributed by atoms with Gasteiger partial charge in [0.2, 0.25) is 0 Å². The minimum atomic E-state index is 1.05. The van der Waals surface area contributed by atoms with Crippen molar-refractivity contribution < 1.29 is 0 Å². The van der Waals surface area contributed by atoms with Gasteiger partial charge in [0, 0.05) is 0 Å². The Hall–Kier alpha value is -1.04. The SMILES string of the molecule is [CH2]CCCCCC/C=C\C/C=C\C/C=C\C/C=C\CC. The van der Waals surface area contributed by atoms with E-state index in [4.69, 9.17) is 0 Å². The lowest BCUT2D eigenvalue weighted by Gasteiger charge is -1.95. The van der Waals surface area contributed by atoms with Crippen LogP contribution in [-0.2, 0) is 0 Å². The van der Waals surface area contributed by atoms with Gasteiger partial charge in [-0.1, -0.05) is 88.1 Å². The molecule has 0 aromatic rings. The Labute approximate surface area is 127 Å². The molecule has 0 saturated carbocycles. The summed E-state index contributed by atoms with van der Waals surface area (Å²) in [6.45, 7) is 6.03. The summed E-state index contributed by atoms with van der Waals surface area (Å²) in [5.74, 6) is 0. The largest absolute Gasteiger partial charge is 0.0885 e. The van der Waals surface area contributed by atoms with Crippen LogP contribution in [0.4, 0.5) is 0 Å². The molecule has 0 spiro atoms. The highest BCUT2D eigenvalue weighted by Crippen LogP contribution is 2.05. The van der Waals surface area contributed by atoms with Crippen molar-refractivity contribution >= 4 is 0 Å². The van der Waals surface area contributed by atoms with Crippen molar-refractivity contribution in [3.63, 3.8) is 0 Å². The molecule has 0 atom stereocenters. The molecular weight excluding hydrogens is 240 g/mol. The number of allylic oxidation sites excluding steroid dienone is 8. The van der Waals surface area contributed by atoms with Gasteiger partial charge in [-0.3, -0.25) is 0 Å². The number of hydrogen-bond donors (Lipinski definition) is 0. The van der Waals surface area contributed by atoms with Crippen molar-refractivity contribution in [3.05, 3.63) is 55.5 Å². The minimum absolute atomic E-state index is 1.05. The first kappa shape index (κ1) is 19.0. The first-order chi connectivity index (χ1) is 9.91. The Bertz CT molecular complexity index is 278. The van der Waals surface area contributed by atoms with Gasteiger partial charge in [0.15, 0.2) is 0 Å². The van der Waals surface area contributed by atoms with Crippen LogP contribution in [0.25, 0.3) is 0 Å². The van der Waals surface area contributed by atoms with Crippen LogP contribution in [0.2, 0.25) is 0 Å². The monoisotopic (exact) mass is 273 g/mol. The van der Waals surface area contributed by atoms with Crippen molar-refractivity contribution in [1.82, 2.24) is 0 Å². The smallest absolute Gasteiger partial charge is 0.0169 e. The zero-order chi connectivity index (χ0) is 14.7. The molecule has 0 heteroatoms. The van der Waals surface area contributed by atoms with E-state index in [9.17, 15) is 0 Å². The summed E-state index contributed by atoms with van der Waals surface area (Å²) in [5, 5.41) is 0. The lowest BCUT2D eigenvalue weighted by Crippen LogP contribution is -1.75. The first-order valence-electron chi connectivity index (χ1n) is 8.31. The van der Waals surface area contributed by atoms with Crippen LogP contribution < -0.4 is 0 Å². The third-order valence-electron chi connectivity index (χ3n) is 3.09. The van der Waals surface area contributed by atoms with Crippen molar-refractivity contribution in [2.75, 3.05) is 0 Å². The molecule has 20 heavy (non-hydrogen) atoms. The van der Waals surface area contributed by atoms with Crippen LogP contribution in [0.5, 0.6) is 0 Å². The molecule has 0 aromatic carbocycles. The topological polar surface area (TPSA) is 0 Å². The summed E-state index contributed by atoms with van der Waals surface area (Å²) in [6.07, 6.45) is 30.0. The van der Waals surface area contributed by atoms with Crippen LogP contribution in [-0.4, -0.2) is 0 Å². The van der Waals surface area contributed by atoms with Crippen LogP contribution >= 0.6 is 0 Å². The summed E-state index contributed by atoms with van der Waals surface area (Å²) in [4.78, 5) is 0. The molecule has 0 aliphatic heterocycles. The van der Waals surface area contributed by atoms with Crippen LogP contribution in [0, 0.1) is 6.92 Å². The van der Waals surface area contributed by atoms with Crippen molar-refractivity contribution in [2.45, 2.75) is 71.1 Å². The van der Waals surface area contributed by atoms with Crippen LogP contribution in [0.15, 0.2) is 48.6 Å². The number of hydrogen-bond acceptors (Lipinski definition) is 0. The second kappa shape index (κ2) is 18.0. The maximum absolute atomic E-state index is 3.86. The Morgan fingerprint density at radius 1 is 0.600 bits per heavy atom. The normalized spacial score (nSPS) is 12.7. The molecule has 0 rings (SSSR count). The van der Waals surface area contributed by atoms with Crippen molar-refractivity contribution in [2.24, 2.45) is 0 Å². The van der Waals surface area contributed by atoms with E-state index in [0.29, 0.717) is 0 Å². The zero-order valence-corrected chi connectivity index (χ0v) is 13.4. The summed E-state index contributed by atoms with van der Waals surface area (Å²) in [6, 6.07) is 0. The van der Waals surface area contributed by atoms with E-state index in [1.165, 1.54) is 32.1 Å². The van der Waals surface area contributed by atoms with Gasteiger partial charge in [0.25, 0.3) is 0 Å². The predicted octanol–water partition coefficient (Wildman–Crippen LogP) is 6.97. The molecule has 0 saturated heterocycles. The maximum Gasteiger partial charge on any atom is -0.0169 e. The molecule has 113 valence electrons. The summed E-state index contributed by atoms with van der Waals surface area (Å²) < 4.78 is 0. The van der Waals surface area contributed by atoms with Gasteiger partial charge in [-0.25, -0.2) is 0 Å². The number of rotatable bonds is 13. The van der Waals surface area contributed by atoms with E-state index in [0.717, 1.165) is 32.1 Å². The summed E-state index contributed by atoms with van der Waals surface area (Å²) in [5.41, 5.74) is 0. The Morgan fingerprint density at radius 3 is 1.65 bits per heavy atom. The van der Waals surface area contributed by atoms with Crippen LogP contribution in [0.3, 0.4) is 0 Å². The van der Waals surface area contributed by atoms with E-state index in [1.807, 2.05) is 0 Å². The number of unbranched alkanes of at least 4 members (excludes halogenated alkanes) is 5. The molecule has 0 unspecified atom stereocenters. The second-order valence-corrected chi connectivity index (χ2v) is 5.06. The minimum Gasteiger partial charge on any atom is -0.0885 e. The summed E-state index contributed by atoms with van der Waals surface area (Å²) >= 11 is 0. The second-order valence-electron chi connectivity index (χ2n) is 5.06. The van der Waals surface area contributed by atoms with E-state index < -0.39 is 0 Å². The molecular formula is C20H33. The third kappa shape index (κ3) is 17.0. The van der Waals surface area contributed by atoms with Gasteiger partial charge >= 0.3 is 0 Å². The molecule has 0 N–H and O–H groups in total. The highest BCUT2D eigenvalue weighted by atomic mass is 13.9. The fourth-order valence-electron chi connectivity index (χ4n) is 1.89. The fourth-order valence-corrected chi connectivity index (χ4v) is 1.89. The summed E-state index contributed by atoms with van der Waals surface area (Å²) in [7, 11) is 0. The van der Waals surface area contributed by atoms with E-state index in [2.05, 4.69) is 62.5 Å². The van der Waals surface area contributed by atoms with E-state index >= 15 is 0 Å². The highest BCUT2D eigenvalue weighted by Gasteiger charge is 1.85. The van der Waals surface area contributed by atoms with Gasteiger partial charge in [0.1, 0.15) is 0 Å². The lowest BCUT2D eigenvalue weighted by molar-refractivity contribution is 0.651. The Balaban J connectivity index is 3.32. The predicted molar refractivity (Wildman–Crippen MR) is 93.8 cm³/mol. The maximum atomic E-state index is 3.86. The van der Waals surface area contributed by atoms with E-state index in [-0.39, 0.29) is 0 Å². The average molecular weight is 273 g/mol. The molecule has 0 bridgehead atoms. The Morgan fingerprint density at radius 2 is 1.10 bits per heavy atom. The van der Waals surface area contributed by atoms with Crippen molar-refractivity contribution in [3.8, 4) is 0 Å². The third-order valence-corrected chi connectivity index (χ3v) is 3.09. The van der Waals surface area contributed by atoms with Crippen molar-refractivity contribution in [1.29, 1.82) is 0 Å². The van der Waals surface area contributed by atoms with Gasteiger partial charge < -0.3 is 0 Å². The zero-order valence-electron chi connectivity index (χ0n) is 13.4. The lowest BCUT2D eigenvalue weighted by atomic mass is 10.1. The molecule has 0 fully saturated rings. The quantitative estimate of drug-likeness (QED) is 0.251. The van der Waals surface area contributed by atoms with Gasteiger partial charge in [-0.2, -0.15) is 0 Å². The first-order valence-corrected chi connectivity index (χ1v) is 8.31. The molecule has 0 heterocycles. The average Bonchev–Trinajstić information content (AvgIpc) is 2.47. The highest BCUT2D eigenvalue weighted by molar-refractivity contribution is 4.99. The standard InChI is InChI=1S/C20H33/c1-3-5-7-9-11-13-15-17-19-20-18-16-14-12-10-8-6-4-2/h6,8,12,14-15,17-18,20H,1,3-5,7,9-11,13,16,19H2,2H3/b8-6-,14-12-,17-15-,20-18-. The van der Waals surface area contributed by atoms with Gasteiger partial charge in [0.05, 0.1) is 0 Å². The Kier molecular flexibility index (Phi) is 17.0. The molecule has 0 nitrogen and oxygen atoms in total. The molecule has 0 aliphatic rings. The van der Waals surface area contributed by atoms with Crippen LogP contribution in [0.1, 0.15) is 71.1 Å². The fraction of sp³-hybridized carbons (Fsp3) is 0.550.